The van der Waals surface area contributed by atoms with E-state index in [2.05, 4.69) is 31.9 Å². The highest BCUT2D eigenvalue weighted by molar-refractivity contribution is 7.88. The second-order valence-corrected chi connectivity index (χ2v) is 6.75. The molecule has 0 aromatic carbocycles. The molecule has 1 fully saturated rings. The van der Waals surface area contributed by atoms with E-state index in [1.54, 1.807) is 6.20 Å². The molecule has 21 heavy (non-hydrogen) atoms. The van der Waals surface area contributed by atoms with Gasteiger partial charge in [0.2, 0.25) is 10.0 Å². The van der Waals surface area contributed by atoms with Crippen LogP contribution >= 0.6 is 12.4 Å². The zero-order valence-electron chi connectivity index (χ0n) is 11.9. The van der Waals surface area contributed by atoms with E-state index in [0.717, 1.165) is 24.9 Å². The molecular weight excluding hydrogens is 314 g/mol. The molecule has 7 nitrogen and oxygen atoms in total. The standard InChI is InChI=1S/C12H21N5O2S.ClH/c1-20(18,19)16-6-5-14-8-11-9-15-17-12(11)10-3-2-4-13-7-10;/h2-4,7,11-12,14-17H,5-6,8-9H2,1H3;1H. The molecule has 4 N–H and O–H groups in total. The third kappa shape index (κ3) is 6.25. The van der Waals surface area contributed by atoms with Crippen molar-refractivity contribution in [2.75, 3.05) is 32.4 Å². The lowest BCUT2D eigenvalue weighted by Crippen LogP contribution is -2.35. The predicted octanol–water partition coefficient (Wildman–Crippen LogP) is -0.593. The zero-order valence-corrected chi connectivity index (χ0v) is 13.5. The first kappa shape index (κ1) is 18.3. The van der Waals surface area contributed by atoms with Crippen molar-refractivity contribution in [3.8, 4) is 0 Å². The Labute approximate surface area is 131 Å². The van der Waals surface area contributed by atoms with Crippen molar-refractivity contribution in [3.63, 3.8) is 0 Å². The fourth-order valence-electron chi connectivity index (χ4n) is 2.25. The summed E-state index contributed by atoms with van der Waals surface area (Å²) in [7, 11) is -3.10. The van der Waals surface area contributed by atoms with Gasteiger partial charge in [-0.3, -0.25) is 10.4 Å². The molecule has 2 rings (SSSR count). The average molecular weight is 336 g/mol. The van der Waals surface area contributed by atoms with Gasteiger partial charge in [0.15, 0.2) is 0 Å². The highest BCUT2D eigenvalue weighted by atomic mass is 35.5. The van der Waals surface area contributed by atoms with Gasteiger partial charge in [0, 0.05) is 44.5 Å². The maximum atomic E-state index is 10.9. The molecule has 0 saturated carbocycles. The molecular formula is C12H22ClN5O2S. The third-order valence-electron chi connectivity index (χ3n) is 3.21. The Bertz CT molecular complexity index is 514. The number of halogens is 1. The highest BCUT2D eigenvalue weighted by Crippen LogP contribution is 2.23. The van der Waals surface area contributed by atoms with Gasteiger partial charge in [0.05, 0.1) is 12.3 Å². The highest BCUT2D eigenvalue weighted by Gasteiger charge is 2.27. The maximum absolute atomic E-state index is 10.9. The summed E-state index contributed by atoms with van der Waals surface area (Å²) in [5.41, 5.74) is 7.55. The number of aromatic nitrogens is 1. The molecule has 1 saturated heterocycles. The number of nitrogens with one attached hydrogen (secondary N) is 4. The molecule has 1 aromatic heterocycles. The summed E-state index contributed by atoms with van der Waals surface area (Å²) in [5, 5.41) is 3.27. The summed E-state index contributed by atoms with van der Waals surface area (Å²) < 4.78 is 24.3. The van der Waals surface area contributed by atoms with Crippen LogP contribution in [0.3, 0.4) is 0 Å². The number of nitrogens with zero attached hydrogens (tertiary/aromatic N) is 1. The average Bonchev–Trinajstić information content (AvgIpc) is 2.86. The number of sulfonamides is 1. The van der Waals surface area contributed by atoms with Crippen molar-refractivity contribution in [1.29, 1.82) is 0 Å². The summed E-state index contributed by atoms with van der Waals surface area (Å²) in [6, 6.07) is 4.20. The summed E-state index contributed by atoms with van der Waals surface area (Å²) in [5.74, 6) is 0.400. The van der Waals surface area contributed by atoms with Crippen LogP contribution in [-0.2, 0) is 10.0 Å². The molecule has 0 amide bonds. The monoisotopic (exact) mass is 335 g/mol. The SMILES string of the molecule is CS(=O)(=O)NCCNCC1CNNC1c1cccnc1.Cl. The van der Waals surface area contributed by atoms with Crippen LogP contribution < -0.4 is 20.9 Å². The molecule has 2 atom stereocenters. The van der Waals surface area contributed by atoms with Crippen LogP contribution in [0.5, 0.6) is 0 Å². The van der Waals surface area contributed by atoms with Crippen LogP contribution in [0.15, 0.2) is 24.5 Å². The molecule has 0 radical (unpaired) electrons. The topological polar surface area (TPSA) is 95.2 Å². The quantitative estimate of drug-likeness (QED) is 0.497. The second-order valence-electron chi connectivity index (χ2n) is 4.92. The van der Waals surface area contributed by atoms with E-state index in [0.29, 0.717) is 19.0 Å². The Hall–Kier alpha value is -0.770. The van der Waals surface area contributed by atoms with Crippen molar-refractivity contribution >= 4 is 22.4 Å². The Morgan fingerprint density at radius 3 is 2.90 bits per heavy atom. The van der Waals surface area contributed by atoms with Gasteiger partial charge in [-0.15, -0.1) is 12.4 Å². The molecule has 1 aliphatic rings. The first-order valence-corrected chi connectivity index (χ1v) is 8.49. The summed E-state index contributed by atoms with van der Waals surface area (Å²) >= 11 is 0. The number of hydrogen-bond acceptors (Lipinski definition) is 6. The van der Waals surface area contributed by atoms with Crippen molar-refractivity contribution in [2.45, 2.75) is 6.04 Å². The minimum Gasteiger partial charge on any atom is -0.315 e. The van der Waals surface area contributed by atoms with E-state index in [1.807, 2.05) is 12.3 Å². The molecule has 9 heteroatoms. The zero-order chi connectivity index (χ0) is 14.4. The van der Waals surface area contributed by atoms with E-state index in [9.17, 15) is 8.42 Å². The van der Waals surface area contributed by atoms with Crippen molar-refractivity contribution < 1.29 is 8.42 Å². The summed E-state index contributed by atoms with van der Waals surface area (Å²) in [6.45, 7) is 2.70. The van der Waals surface area contributed by atoms with Gasteiger partial charge in [0.25, 0.3) is 0 Å². The number of rotatable bonds is 7. The van der Waals surface area contributed by atoms with E-state index < -0.39 is 10.0 Å². The lowest BCUT2D eigenvalue weighted by atomic mass is 9.96. The van der Waals surface area contributed by atoms with Crippen molar-refractivity contribution in [3.05, 3.63) is 30.1 Å². The fraction of sp³-hybridized carbons (Fsp3) is 0.583. The Morgan fingerprint density at radius 2 is 2.24 bits per heavy atom. The third-order valence-corrected chi connectivity index (χ3v) is 3.94. The lowest BCUT2D eigenvalue weighted by molar-refractivity contribution is 0.442. The van der Waals surface area contributed by atoms with Crippen molar-refractivity contribution in [2.24, 2.45) is 5.92 Å². The van der Waals surface area contributed by atoms with Gasteiger partial charge in [-0.1, -0.05) is 6.07 Å². The molecule has 1 aromatic rings. The fourth-order valence-corrected chi connectivity index (χ4v) is 2.73. The number of hydrogen-bond donors (Lipinski definition) is 4. The molecule has 0 spiro atoms. The maximum Gasteiger partial charge on any atom is 0.208 e. The molecule has 0 aliphatic carbocycles. The molecule has 2 unspecified atom stereocenters. The van der Waals surface area contributed by atoms with Gasteiger partial charge in [-0.2, -0.15) is 0 Å². The van der Waals surface area contributed by atoms with Crippen LogP contribution in [0.1, 0.15) is 11.6 Å². The summed E-state index contributed by atoms with van der Waals surface area (Å²) in [4.78, 5) is 4.14. The van der Waals surface area contributed by atoms with Gasteiger partial charge < -0.3 is 5.32 Å². The largest absolute Gasteiger partial charge is 0.315 e. The molecule has 0 bridgehead atoms. The van der Waals surface area contributed by atoms with E-state index >= 15 is 0 Å². The van der Waals surface area contributed by atoms with E-state index in [-0.39, 0.29) is 18.4 Å². The van der Waals surface area contributed by atoms with Crippen LogP contribution in [0, 0.1) is 5.92 Å². The number of hydrazine groups is 1. The van der Waals surface area contributed by atoms with Gasteiger partial charge in [-0.05, 0) is 11.6 Å². The minimum absolute atomic E-state index is 0. The smallest absolute Gasteiger partial charge is 0.208 e. The van der Waals surface area contributed by atoms with Crippen LogP contribution in [0.25, 0.3) is 0 Å². The second kappa shape index (κ2) is 8.62. The van der Waals surface area contributed by atoms with Crippen LogP contribution in [-0.4, -0.2) is 45.8 Å². The van der Waals surface area contributed by atoms with Gasteiger partial charge in [-0.25, -0.2) is 18.6 Å². The Morgan fingerprint density at radius 1 is 1.43 bits per heavy atom. The van der Waals surface area contributed by atoms with E-state index in [4.69, 9.17) is 0 Å². The predicted molar refractivity (Wildman–Crippen MR) is 84.6 cm³/mol. The first-order valence-electron chi connectivity index (χ1n) is 6.60. The first-order chi connectivity index (χ1) is 9.56. The van der Waals surface area contributed by atoms with E-state index in [1.165, 1.54) is 0 Å². The van der Waals surface area contributed by atoms with Gasteiger partial charge in [0.1, 0.15) is 0 Å². The summed E-state index contributed by atoms with van der Waals surface area (Å²) in [6.07, 6.45) is 4.79. The Kier molecular flexibility index (Phi) is 7.50. The van der Waals surface area contributed by atoms with Crippen LogP contribution in [0.4, 0.5) is 0 Å². The minimum atomic E-state index is -3.10. The van der Waals surface area contributed by atoms with Crippen molar-refractivity contribution in [1.82, 2.24) is 25.9 Å². The molecule has 2 heterocycles. The molecule has 120 valence electrons. The lowest BCUT2D eigenvalue weighted by Gasteiger charge is -2.18. The number of pyridine rings is 1. The normalized spacial score (nSPS) is 22.0. The van der Waals surface area contributed by atoms with Gasteiger partial charge >= 0.3 is 0 Å². The Balaban J connectivity index is 0.00000220. The van der Waals surface area contributed by atoms with Crippen LogP contribution in [0.2, 0.25) is 0 Å². The molecule has 1 aliphatic heterocycles.